The maximum absolute atomic E-state index is 9.77. The maximum atomic E-state index is 9.77. The number of thiol groups is 2. The van der Waals surface area contributed by atoms with Crippen molar-refractivity contribution in [1.82, 2.24) is 0 Å². The average Bonchev–Trinajstić information content (AvgIpc) is 2.96. The number of hydrogen-bond donors (Lipinski definition) is 6. The summed E-state index contributed by atoms with van der Waals surface area (Å²) in [6.07, 6.45) is 32.7. The van der Waals surface area contributed by atoms with Gasteiger partial charge < -0.3 is 20.4 Å². The third-order valence-corrected chi connectivity index (χ3v) is 7.81. The molecule has 0 rings (SSSR count). The monoisotopic (exact) mass is 669 g/mol. The van der Waals surface area contributed by atoms with Gasteiger partial charge in [-0.3, -0.25) is 9.59 Å². The van der Waals surface area contributed by atoms with Crippen LogP contribution in [0.25, 0.3) is 0 Å². The van der Waals surface area contributed by atoms with Crippen LogP contribution in [0, 0.1) is 0 Å². The Bertz CT molecular complexity index is 517. The number of hydrogen-bond acceptors (Lipinski definition) is 6. The highest BCUT2D eigenvalue weighted by atomic mass is 32.1. The largest absolute Gasteiger partial charge is 0.481 e. The van der Waals surface area contributed by atoms with Crippen LogP contribution in [-0.2, 0) is 9.59 Å². The lowest BCUT2D eigenvalue weighted by Gasteiger charge is -2.09. The van der Waals surface area contributed by atoms with Crippen LogP contribution < -0.4 is 0 Å². The van der Waals surface area contributed by atoms with E-state index in [1.165, 1.54) is 141 Å². The quantitative estimate of drug-likeness (QED) is 0.0365. The second-order valence-electron chi connectivity index (χ2n) is 12.0. The van der Waals surface area contributed by atoms with E-state index in [9.17, 15) is 10.2 Å². The van der Waals surface area contributed by atoms with Gasteiger partial charge in [0.25, 0.3) is 11.9 Å². The zero-order valence-corrected chi connectivity index (χ0v) is 31.2. The Morgan fingerprint density at radius 1 is 0.432 bits per heavy atom. The molecule has 0 heterocycles. The first-order chi connectivity index (χ1) is 21.1. The molecular formula is C36H76O6S2. The number of unbranched alkanes of at least 4 members (excludes halogenated alkanes) is 18. The van der Waals surface area contributed by atoms with Gasteiger partial charge in [0.05, 0.1) is 12.2 Å². The first-order valence-electron chi connectivity index (χ1n) is 18.1. The molecule has 0 amide bonds. The molecule has 2 atom stereocenters. The van der Waals surface area contributed by atoms with Crippen molar-refractivity contribution in [2.75, 3.05) is 11.5 Å². The lowest BCUT2D eigenvalue weighted by Crippen LogP contribution is -2.05. The molecule has 0 fully saturated rings. The minimum atomic E-state index is -0.833. The van der Waals surface area contributed by atoms with Crippen molar-refractivity contribution in [3.63, 3.8) is 0 Å². The van der Waals surface area contributed by atoms with Crippen LogP contribution in [0.15, 0.2) is 0 Å². The van der Waals surface area contributed by atoms with Crippen LogP contribution in [0.5, 0.6) is 0 Å². The molecule has 44 heavy (non-hydrogen) atoms. The number of carboxylic acid groups (broad SMARTS) is 2. The zero-order chi connectivity index (χ0) is 34.1. The highest BCUT2D eigenvalue weighted by molar-refractivity contribution is 7.80. The van der Waals surface area contributed by atoms with E-state index in [4.69, 9.17) is 19.8 Å². The lowest BCUT2D eigenvalue weighted by atomic mass is 10.0. The third kappa shape index (κ3) is 68.6. The summed E-state index contributed by atoms with van der Waals surface area (Å²) in [5.74, 6) is 0.413. The van der Waals surface area contributed by atoms with Crippen molar-refractivity contribution in [3.8, 4) is 0 Å². The van der Waals surface area contributed by atoms with Crippen LogP contribution in [-0.4, -0.2) is 56.1 Å². The molecule has 0 aliphatic rings. The van der Waals surface area contributed by atoms with E-state index in [0.29, 0.717) is 0 Å². The van der Waals surface area contributed by atoms with Crippen molar-refractivity contribution in [2.45, 2.75) is 207 Å². The van der Waals surface area contributed by atoms with Crippen LogP contribution in [0.3, 0.4) is 0 Å². The number of aliphatic carboxylic acids is 2. The van der Waals surface area contributed by atoms with E-state index in [-0.39, 0.29) is 12.2 Å². The average molecular weight is 669 g/mol. The summed E-state index contributed by atoms with van der Waals surface area (Å²) in [4.78, 5) is 18.0. The minimum absolute atomic E-state index is 0.0352. The fourth-order valence-corrected chi connectivity index (χ4v) is 5.09. The first-order valence-corrected chi connectivity index (χ1v) is 19.3. The van der Waals surface area contributed by atoms with Crippen molar-refractivity contribution < 1.29 is 30.0 Å². The molecule has 0 bridgehead atoms. The molecule has 0 aromatic rings. The molecule has 8 heteroatoms. The first kappa shape index (κ1) is 50.4. The minimum Gasteiger partial charge on any atom is -0.481 e. The number of carbonyl (C=O) groups is 2. The molecule has 0 aromatic carbocycles. The lowest BCUT2D eigenvalue weighted by molar-refractivity contribution is -0.135. The van der Waals surface area contributed by atoms with E-state index in [0.717, 1.165) is 51.0 Å². The van der Waals surface area contributed by atoms with Gasteiger partial charge in [0.1, 0.15) is 0 Å². The second-order valence-corrected chi connectivity index (χ2v) is 12.9. The van der Waals surface area contributed by atoms with E-state index in [1.807, 2.05) is 0 Å². The van der Waals surface area contributed by atoms with Gasteiger partial charge in [0, 0.05) is 13.8 Å². The summed E-state index contributed by atoms with van der Waals surface area (Å²) in [6, 6.07) is 0. The molecular weight excluding hydrogens is 593 g/mol. The highest BCUT2D eigenvalue weighted by Crippen LogP contribution is 2.15. The summed E-state index contributed by atoms with van der Waals surface area (Å²) in [5, 5.41) is 34.3. The normalized spacial score (nSPS) is 11.6. The Balaban J connectivity index is -0.000000292. The predicted octanol–water partition coefficient (Wildman–Crippen LogP) is 10.9. The van der Waals surface area contributed by atoms with Gasteiger partial charge in [-0.2, -0.15) is 25.3 Å². The maximum Gasteiger partial charge on any atom is 0.300 e. The Hall–Kier alpha value is -0.440. The molecule has 0 spiro atoms. The number of rotatable bonds is 28. The summed E-state index contributed by atoms with van der Waals surface area (Å²) in [5.41, 5.74) is 0. The Morgan fingerprint density at radius 2 is 0.636 bits per heavy atom. The summed E-state index contributed by atoms with van der Waals surface area (Å²) >= 11 is 8.44. The van der Waals surface area contributed by atoms with Gasteiger partial charge in [-0.1, -0.05) is 142 Å². The molecule has 268 valence electrons. The van der Waals surface area contributed by atoms with Crippen LogP contribution in [0.4, 0.5) is 0 Å². The van der Waals surface area contributed by atoms with Gasteiger partial charge >= 0.3 is 0 Å². The molecule has 6 nitrogen and oxygen atoms in total. The molecule has 0 radical (unpaired) electrons. The van der Waals surface area contributed by atoms with E-state index >= 15 is 0 Å². The smallest absolute Gasteiger partial charge is 0.300 e. The van der Waals surface area contributed by atoms with Gasteiger partial charge in [0.2, 0.25) is 0 Å². The van der Waals surface area contributed by atoms with Crippen LogP contribution >= 0.6 is 25.3 Å². The van der Waals surface area contributed by atoms with Gasteiger partial charge in [-0.15, -0.1) is 0 Å². The van der Waals surface area contributed by atoms with Crippen molar-refractivity contribution in [1.29, 1.82) is 0 Å². The molecule has 0 aliphatic heterocycles. The molecule has 0 saturated heterocycles. The fourth-order valence-electron chi connectivity index (χ4n) is 4.64. The second kappa shape index (κ2) is 47.0. The van der Waals surface area contributed by atoms with Gasteiger partial charge in [-0.25, -0.2) is 0 Å². The molecule has 0 aromatic heterocycles. The van der Waals surface area contributed by atoms with Crippen molar-refractivity contribution >= 4 is 37.2 Å². The Kier molecular flexibility index (Phi) is 53.8. The Morgan fingerprint density at radius 3 is 0.886 bits per heavy atom. The Labute approximate surface area is 284 Å². The van der Waals surface area contributed by atoms with E-state index in [1.54, 1.807) is 0 Å². The molecule has 2 unspecified atom stereocenters. The topological polar surface area (TPSA) is 115 Å². The highest BCUT2D eigenvalue weighted by Gasteiger charge is 2.03. The zero-order valence-electron chi connectivity index (χ0n) is 29.5. The third-order valence-electron chi connectivity index (χ3n) is 7.17. The van der Waals surface area contributed by atoms with Crippen molar-refractivity contribution in [2.24, 2.45) is 0 Å². The SMILES string of the molecule is CC(=O)O.CC(=O)O.CCCCC(O)CCCCCCCCCCCS.CCCCCC(O)CCCCCCCCCCS. The molecule has 4 N–H and O–H groups in total. The summed E-state index contributed by atoms with van der Waals surface area (Å²) in [7, 11) is 0. The van der Waals surface area contributed by atoms with Crippen LogP contribution in [0.2, 0.25) is 0 Å². The standard InChI is InChI=1S/2C16H34OS.2C2H4O2/c1-2-3-13-16(17)14-11-9-7-5-4-6-8-10-12-15-18;1-2-3-10-13-16(17)14-11-8-6-4-5-7-9-12-15-18;2*1-2(3)4/h2*16-18H,2-15H2,1H3;2*1H3,(H,3,4). The number of aliphatic hydroxyl groups excluding tert-OH is 2. The van der Waals surface area contributed by atoms with E-state index in [2.05, 4.69) is 39.1 Å². The number of aliphatic hydroxyl groups is 2. The van der Waals surface area contributed by atoms with Gasteiger partial charge in [-0.05, 0) is 50.0 Å². The molecule has 0 saturated carbocycles. The predicted molar refractivity (Wildman–Crippen MR) is 198 cm³/mol. The van der Waals surface area contributed by atoms with E-state index < -0.39 is 11.9 Å². The van der Waals surface area contributed by atoms with Gasteiger partial charge in [0.15, 0.2) is 0 Å². The number of carboxylic acids is 2. The fraction of sp³-hybridized carbons (Fsp3) is 0.944. The van der Waals surface area contributed by atoms with Crippen molar-refractivity contribution in [3.05, 3.63) is 0 Å². The summed E-state index contributed by atoms with van der Waals surface area (Å²) in [6.45, 7) is 6.56. The molecule has 0 aliphatic carbocycles. The van der Waals surface area contributed by atoms with Crippen LogP contribution in [0.1, 0.15) is 195 Å². The summed E-state index contributed by atoms with van der Waals surface area (Å²) < 4.78 is 0.